The van der Waals surface area contributed by atoms with Crippen LogP contribution in [0, 0.1) is 5.41 Å². The molecule has 0 spiro atoms. The Kier molecular flexibility index (Phi) is 11.6. The second-order valence-corrected chi connectivity index (χ2v) is 12.2. The molecule has 0 saturated carbocycles. The third-order valence-corrected chi connectivity index (χ3v) is 8.08. The minimum absolute atomic E-state index is 0.0847. The maximum absolute atomic E-state index is 14.1. The summed E-state index contributed by atoms with van der Waals surface area (Å²) in [6.07, 6.45) is 5.45. The van der Waals surface area contributed by atoms with Crippen molar-refractivity contribution in [1.82, 2.24) is 10.2 Å². The van der Waals surface area contributed by atoms with Gasteiger partial charge >= 0.3 is 12.1 Å². The summed E-state index contributed by atoms with van der Waals surface area (Å²) >= 11 is 6.27. The van der Waals surface area contributed by atoms with Gasteiger partial charge in [0, 0.05) is 18.6 Å². The molecular weight excluding hydrogens is 568 g/mol. The lowest BCUT2D eigenvalue weighted by Crippen LogP contribution is -2.57. The number of alkyl carbamates (subject to hydrolysis) is 1. The Hall–Kier alpha value is -3.62. The molecule has 0 radical (unpaired) electrons. The number of benzene rings is 2. The smallest absolute Gasteiger partial charge is 0.407 e. The van der Waals surface area contributed by atoms with Crippen LogP contribution in [0.4, 0.5) is 4.79 Å². The Balaban J connectivity index is 1.90. The third-order valence-electron chi connectivity index (χ3n) is 7.84. The number of hydrogen-bond acceptors (Lipinski definition) is 6. The number of carbonyl (C=O) groups is 3. The third kappa shape index (κ3) is 8.06. The summed E-state index contributed by atoms with van der Waals surface area (Å²) in [4.78, 5) is 41.3. The normalized spacial score (nSPS) is 18.9. The highest BCUT2D eigenvalue weighted by Crippen LogP contribution is 2.41. The van der Waals surface area contributed by atoms with Crippen LogP contribution in [0.15, 0.2) is 61.7 Å². The molecule has 1 aliphatic heterocycles. The second kappa shape index (κ2) is 14.7. The summed E-state index contributed by atoms with van der Waals surface area (Å²) in [5.74, 6) is -0.979. The SMILES string of the molecule is C=CCCCCOC(=O)NC(C(=O)N1C[C@](OC)(c2ccc(-c3cc(Cl)ccc3C=C)cc2)C[C@H]1C(=O)OC)C(C)(C)C. The van der Waals surface area contributed by atoms with Crippen LogP contribution in [-0.4, -0.2) is 62.3 Å². The number of halogens is 1. The van der Waals surface area contributed by atoms with Crippen molar-refractivity contribution in [2.75, 3.05) is 27.4 Å². The van der Waals surface area contributed by atoms with Crippen molar-refractivity contribution in [3.05, 3.63) is 77.8 Å². The van der Waals surface area contributed by atoms with Crippen LogP contribution in [0.5, 0.6) is 0 Å². The lowest BCUT2D eigenvalue weighted by Gasteiger charge is -2.35. The van der Waals surface area contributed by atoms with E-state index in [1.807, 2.05) is 69.3 Å². The molecule has 1 N–H and O–H groups in total. The maximum Gasteiger partial charge on any atom is 0.407 e. The Bertz CT molecular complexity index is 1320. The first-order chi connectivity index (χ1) is 20.4. The topological polar surface area (TPSA) is 94.2 Å². The van der Waals surface area contributed by atoms with Gasteiger partial charge in [-0.05, 0) is 59.1 Å². The molecule has 2 amide bonds. The number of esters is 1. The van der Waals surface area contributed by atoms with Gasteiger partial charge in [-0.1, -0.05) is 81.4 Å². The molecule has 1 unspecified atom stereocenters. The van der Waals surface area contributed by atoms with E-state index in [0.29, 0.717) is 11.4 Å². The Morgan fingerprint density at radius 1 is 1.12 bits per heavy atom. The number of unbranched alkanes of at least 4 members (excludes halogenated alkanes) is 2. The molecule has 3 atom stereocenters. The molecule has 0 aliphatic carbocycles. The summed E-state index contributed by atoms with van der Waals surface area (Å²) < 4.78 is 16.5. The van der Waals surface area contributed by atoms with E-state index >= 15 is 0 Å². The highest BCUT2D eigenvalue weighted by Gasteiger charge is 2.53. The van der Waals surface area contributed by atoms with Crippen molar-refractivity contribution in [2.45, 2.75) is 64.1 Å². The average molecular weight is 611 g/mol. The molecule has 232 valence electrons. The van der Waals surface area contributed by atoms with Gasteiger partial charge < -0.3 is 24.4 Å². The van der Waals surface area contributed by atoms with Crippen LogP contribution < -0.4 is 5.32 Å². The first-order valence-electron chi connectivity index (χ1n) is 14.4. The monoisotopic (exact) mass is 610 g/mol. The van der Waals surface area contributed by atoms with E-state index < -0.39 is 41.1 Å². The summed E-state index contributed by atoms with van der Waals surface area (Å²) in [6, 6.07) is 11.5. The molecule has 3 rings (SSSR count). The fourth-order valence-corrected chi connectivity index (χ4v) is 5.54. The number of amides is 2. The summed E-state index contributed by atoms with van der Waals surface area (Å²) in [7, 11) is 2.85. The van der Waals surface area contributed by atoms with Gasteiger partial charge in [-0.2, -0.15) is 0 Å². The summed E-state index contributed by atoms with van der Waals surface area (Å²) in [5.41, 5.74) is 1.93. The van der Waals surface area contributed by atoms with Crippen LogP contribution >= 0.6 is 11.6 Å². The molecule has 8 nitrogen and oxygen atoms in total. The second-order valence-electron chi connectivity index (χ2n) is 11.8. The highest BCUT2D eigenvalue weighted by atomic mass is 35.5. The minimum atomic E-state index is -0.989. The quantitative estimate of drug-likeness (QED) is 0.162. The predicted molar refractivity (Wildman–Crippen MR) is 170 cm³/mol. The Morgan fingerprint density at radius 3 is 2.40 bits per heavy atom. The summed E-state index contributed by atoms with van der Waals surface area (Å²) in [6.45, 7) is 13.4. The zero-order valence-electron chi connectivity index (χ0n) is 25.8. The van der Waals surface area contributed by atoms with E-state index in [1.54, 1.807) is 13.2 Å². The van der Waals surface area contributed by atoms with E-state index in [1.165, 1.54) is 12.0 Å². The molecule has 43 heavy (non-hydrogen) atoms. The predicted octanol–water partition coefficient (Wildman–Crippen LogP) is 6.76. The van der Waals surface area contributed by atoms with Gasteiger partial charge in [-0.15, -0.1) is 6.58 Å². The van der Waals surface area contributed by atoms with Crippen molar-refractivity contribution in [3.8, 4) is 11.1 Å². The number of nitrogens with one attached hydrogen (secondary N) is 1. The van der Waals surface area contributed by atoms with Crippen LogP contribution in [0.1, 0.15) is 57.6 Å². The maximum atomic E-state index is 14.1. The zero-order valence-corrected chi connectivity index (χ0v) is 26.5. The van der Waals surface area contributed by atoms with Gasteiger partial charge in [-0.25, -0.2) is 9.59 Å². The van der Waals surface area contributed by atoms with Gasteiger partial charge in [-0.3, -0.25) is 4.79 Å². The molecule has 1 fully saturated rings. The van der Waals surface area contributed by atoms with Crippen LogP contribution in [-0.2, 0) is 29.4 Å². The number of ether oxygens (including phenoxy) is 3. The average Bonchev–Trinajstić information content (AvgIpc) is 3.40. The van der Waals surface area contributed by atoms with Crippen molar-refractivity contribution in [3.63, 3.8) is 0 Å². The minimum Gasteiger partial charge on any atom is -0.467 e. The number of rotatable bonds is 12. The molecule has 1 saturated heterocycles. The molecule has 0 aromatic heterocycles. The van der Waals surface area contributed by atoms with E-state index in [-0.39, 0.29) is 19.6 Å². The molecule has 9 heteroatoms. The first-order valence-corrected chi connectivity index (χ1v) is 14.8. The van der Waals surface area contributed by atoms with Gasteiger partial charge in [0.25, 0.3) is 0 Å². The summed E-state index contributed by atoms with van der Waals surface area (Å²) in [5, 5.41) is 3.36. The van der Waals surface area contributed by atoms with Crippen LogP contribution in [0.25, 0.3) is 17.2 Å². The fourth-order valence-electron chi connectivity index (χ4n) is 5.37. The van der Waals surface area contributed by atoms with Crippen molar-refractivity contribution < 1.29 is 28.6 Å². The van der Waals surface area contributed by atoms with Crippen LogP contribution in [0.2, 0.25) is 5.02 Å². The number of nitrogens with zero attached hydrogens (tertiary/aromatic N) is 1. The van der Waals surface area contributed by atoms with Gasteiger partial charge in [0.05, 0.1) is 20.3 Å². The number of carbonyl (C=O) groups excluding carboxylic acids is 3. The molecule has 2 aromatic carbocycles. The number of likely N-dealkylation sites (tertiary alicyclic amines) is 1. The van der Waals surface area contributed by atoms with Crippen LogP contribution in [0.3, 0.4) is 0 Å². The fraction of sp³-hybridized carbons (Fsp3) is 0.441. The number of methoxy groups -OCH3 is 2. The number of hydrogen-bond donors (Lipinski definition) is 1. The number of allylic oxidation sites excluding steroid dienone is 1. The van der Waals surface area contributed by atoms with E-state index in [0.717, 1.165) is 35.1 Å². The van der Waals surface area contributed by atoms with Crippen molar-refractivity contribution >= 4 is 35.6 Å². The zero-order chi connectivity index (χ0) is 31.8. The van der Waals surface area contributed by atoms with Gasteiger partial charge in [0.15, 0.2) is 0 Å². The Morgan fingerprint density at radius 2 is 1.81 bits per heavy atom. The molecule has 2 aromatic rings. The highest BCUT2D eigenvalue weighted by molar-refractivity contribution is 6.31. The Labute approximate surface area is 260 Å². The van der Waals surface area contributed by atoms with Gasteiger partial charge in [0.1, 0.15) is 17.7 Å². The molecule has 1 aliphatic rings. The van der Waals surface area contributed by atoms with E-state index in [4.69, 9.17) is 25.8 Å². The molecule has 0 bridgehead atoms. The van der Waals surface area contributed by atoms with Crippen molar-refractivity contribution in [2.24, 2.45) is 5.41 Å². The van der Waals surface area contributed by atoms with E-state index in [2.05, 4.69) is 18.5 Å². The lowest BCUT2D eigenvalue weighted by molar-refractivity contribution is -0.152. The lowest BCUT2D eigenvalue weighted by atomic mass is 9.85. The van der Waals surface area contributed by atoms with E-state index in [9.17, 15) is 14.4 Å². The standard InChI is InChI=1S/C34H43ClN2O6/c1-8-10-11-12-19-43-32(40)36-29(33(3,4)5)30(38)37-22-34(42-7,21-28(37)31(39)41-6)25-16-13-24(14-17-25)27-20-26(35)18-15-23(27)9-2/h8-9,13-18,20,28-29H,1-2,10-12,19,21-22H2,3-7H3,(H,36,40)/t28-,29?,34-/m0/s1. The molecular formula is C34H43ClN2O6. The van der Waals surface area contributed by atoms with Crippen molar-refractivity contribution in [1.29, 1.82) is 0 Å². The molecule has 1 heterocycles. The first kappa shape index (κ1) is 33.9. The largest absolute Gasteiger partial charge is 0.467 e. The van der Waals surface area contributed by atoms with Gasteiger partial charge in [0.2, 0.25) is 5.91 Å².